The van der Waals surface area contributed by atoms with Crippen molar-refractivity contribution in [3.8, 4) is 0 Å². The smallest absolute Gasteiger partial charge is 0.426 e. The van der Waals surface area contributed by atoms with E-state index in [1.54, 1.807) is 18.2 Å². The Hall–Kier alpha value is -2.97. The van der Waals surface area contributed by atoms with Crippen molar-refractivity contribution in [2.24, 2.45) is 11.8 Å². The lowest BCUT2D eigenvalue weighted by Crippen LogP contribution is -2.46. The molecule has 1 amide bonds. The van der Waals surface area contributed by atoms with Gasteiger partial charge in [0.05, 0.1) is 5.92 Å². The summed E-state index contributed by atoms with van der Waals surface area (Å²) in [5.74, 6) is -2.04. The van der Waals surface area contributed by atoms with Crippen LogP contribution in [0.25, 0.3) is 0 Å². The average Bonchev–Trinajstić information content (AvgIpc) is 3.37. The maximum atomic E-state index is 14.8. The maximum Gasteiger partial charge on any atom is 0.426 e. The first kappa shape index (κ1) is 26.6. The fraction of sp³-hybridized carbons (Fsp3) is 0.517. The molecule has 0 bridgehead atoms. The first-order chi connectivity index (χ1) is 17.8. The Kier molecular flexibility index (Phi) is 6.55. The third-order valence-electron chi connectivity index (χ3n) is 9.08. The normalized spacial score (nSPS) is 28.5. The van der Waals surface area contributed by atoms with E-state index in [-0.39, 0.29) is 23.7 Å². The number of amides is 1. The fourth-order valence-corrected chi connectivity index (χ4v) is 6.83. The highest BCUT2D eigenvalue weighted by Gasteiger charge is 2.57. The lowest BCUT2D eigenvalue weighted by Gasteiger charge is -2.36. The molecule has 2 fully saturated rings. The molecule has 204 valence electrons. The molecular weight excluding hydrogens is 505 g/mol. The molecule has 1 saturated heterocycles. The summed E-state index contributed by atoms with van der Waals surface area (Å²) in [6.07, 6.45) is -1.91. The molecule has 2 aromatic rings. The van der Waals surface area contributed by atoms with Crippen molar-refractivity contribution in [3.63, 3.8) is 0 Å². The van der Waals surface area contributed by atoms with Crippen LogP contribution in [0.3, 0.4) is 0 Å². The number of hydrogen-bond donors (Lipinski definition) is 1. The van der Waals surface area contributed by atoms with Gasteiger partial charge in [-0.3, -0.25) is 9.59 Å². The van der Waals surface area contributed by atoms with Crippen LogP contribution in [-0.4, -0.2) is 40.6 Å². The zero-order valence-electron chi connectivity index (χ0n) is 21.0. The van der Waals surface area contributed by atoms with Crippen molar-refractivity contribution in [2.45, 2.75) is 75.2 Å². The molecule has 0 radical (unpaired) electrons. The molecule has 38 heavy (non-hydrogen) atoms. The Balaban J connectivity index is 1.48. The van der Waals surface area contributed by atoms with Crippen LogP contribution in [0.5, 0.6) is 0 Å². The van der Waals surface area contributed by atoms with Crippen LogP contribution in [0.2, 0.25) is 0 Å². The summed E-state index contributed by atoms with van der Waals surface area (Å²) in [5, 5.41) is 9.30. The Labute approximate surface area is 217 Å². The van der Waals surface area contributed by atoms with Gasteiger partial charge in [-0.15, -0.1) is 0 Å². The number of rotatable bonds is 5. The molecule has 2 aromatic carbocycles. The van der Waals surface area contributed by atoms with Gasteiger partial charge in [0.2, 0.25) is 11.6 Å². The molecule has 1 saturated carbocycles. The predicted octanol–water partition coefficient (Wildman–Crippen LogP) is 6.10. The number of benzene rings is 2. The Morgan fingerprint density at radius 2 is 1.63 bits per heavy atom. The van der Waals surface area contributed by atoms with Gasteiger partial charge in [-0.25, -0.2) is 8.78 Å². The lowest BCUT2D eigenvalue weighted by molar-refractivity contribution is -0.228. The van der Waals surface area contributed by atoms with Gasteiger partial charge >= 0.3 is 12.1 Å². The summed E-state index contributed by atoms with van der Waals surface area (Å²) >= 11 is 0. The SMILES string of the molecule is CC(F)(c1ccc2c(c1)CC1N(C(=O)C3CCC(C(=O)O)CC3)CCC21Cc1ccc(F)cc1)C(F)(F)F. The molecule has 1 aliphatic heterocycles. The Morgan fingerprint density at radius 1 is 1.00 bits per heavy atom. The molecular formula is C29H30F5NO3. The molecule has 2 aliphatic carbocycles. The largest absolute Gasteiger partial charge is 0.481 e. The van der Waals surface area contributed by atoms with E-state index in [1.165, 1.54) is 24.3 Å². The van der Waals surface area contributed by atoms with Crippen molar-refractivity contribution >= 4 is 11.9 Å². The molecule has 0 spiro atoms. The van der Waals surface area contributed by atoms with Crippen LogP contribution in [0.4, 0.5) is 22.0 Å². The quantitative estimate of drug-likeness (QED) is 0.471. The van der Waals surface area contributed by atoms with Crippen LogP contribution >= 0.6 is 0 Å². The van der Waals surface area contributed by atoms with E-state index in [9.17, 15) is 36.6 Å². The average molecular weight is 536 g/mol. The van der Waals surface area contributed by atoms with Crippen molar-refractivity contribution in [3.05, 3.63) is 70.5 Å². The molecule has 3 unspecified atom stereocenters. The number of carbonyl (C=O) groups is 2. The maximum absolute atomic E-state index is 14.8. The van der Waals surface area contributed by atoms with Gasteiger partial charge in [0.1, 0.15) is 5.82 Å². The summed E-state index contributed by atoms with van der Waals surface area (Å²) < 4.78 is 68.8. The van der Waals surface area contributed by atoms with Gasteiger partial charge in [0.15, 0.2) is 0 Å². The lowest BCUT2D eigenvalue weighted by atomic mass is 9.73. The number of fused-ring (bicyclic) bond motifs is 3. The van der Waals surface area contributed by atoms with Gasteiger partial charge in [0, 0.05) is 23.9 Å². The molecule has 1 heterocycles. The second kappa shape index (κ2) is 9.35. The van der Waals surface area contributed by atoms with E-state index in [4.69, 9.17) is 0 Å². The highest BCUT2D eigenvalue weighted by atomic mass is 19.4. The third kappa shape index (κ3) is 4.37. The van der Waals surface area contributed by atoms with E-state index in [2.05, 4.69) is 0 Å². The second-order valence-corrected chi connectivity index (χ2v) is 11.2. The highest BCUT2D eigenvalue weighted by molar-refractivity contribution is 5.81. The summed E-state index contributed by atoms with van der Waals surface area (Å²) in [6, 6.07) is 9.78. The first-order valence-corrected chi connectivity index (χ1v) is 13.0. The zero-order valence-corrected chi connectivity index (χ0v) is 21.0. The number of alkyl halides is 4. The number of carboxylic acid groups (broad SMARTS) is 1. The number of carboxylic acids is 1. The molecule has 3 aliphatic rings. The predicted molar refractivity (Wildman–Crippen MR) is 130 cm³/mol. The van der Waals surface area contributed by atoms with Crippen LogP contribution in [-0.2, 0) is 33.5 Å². The van der Waals surface area contributed by atoms with Crippen LogP contribution in [0.1, 0.15) is 61.3 Å². The minimum absolute atomic E-state index is 0.0570. The minimum Gasteiger partial charge on any atom is -0.481 e. The van der Waals surface area contributed by atoms with Crippen LogP contribution < -0.4 is 0 Å². The molecule has 9 heteroatoms. The minimum atomic E-state index is -5.07. The van der Waals surface area contributed by atoms with E-state index >= 15 is 0 Å². The van der Waals surface area contributed by atoms with E-state index in [0.717, 1.165) is 11.1 Å². The topological polar surface area (TPSA) is 57.6 Å². The molecule has 0 aromatic heterocycles. The fourth-order valence-electron chi connectivity index (χ4n) is 6.83. The summed E-state index contributed by atoms with van der Waals surface area (Å²) in [4.78, 5) is 26.8. The monoisotopic (exact) mass is 535 g/mol. The van der Waals surface area contributed by atoms with Crippen LogP contribution in [0, 0.1) is 17.7 Å². The third-order valence-corrected chi connectivity index (χ3v) is 9.08. The molecule has 3 atom stereocenters. The van der Waals surface area contributed by atoms with Crippen molar-refractivity contribution in [1.82, 2.24) is 4.90 Å². The van der Waals surface area contributed by atoms with E-state index in [1.807, 2.05) is 4.90 Å². The van der Waals surface area contributed by atoms with Gasteiger partial charge in [-0.1, -0.05) is 30.3 Å². The second-order valence-electron chi connectivity index (χ2n) is 11.2. The number of likely N-dealkylation sites (tertiary alicyclic amines) is 1. The van der Waals surface area contributed by atoms with Gasteiger partial charge in [0.25, 0.3) is 0 Å². The van der Waals surface area contributed by atoms with Crippen molar-refractivity contribution in [1.29, 1.82) is 0 Å². The number of carbonyl (C=O) groups excluding carboxylic acids is 1. The van der Waals surface area contributed by atoms with Gasteiger partial charge < -0.3 is 10.0 Å². The van der Waals surface area contributed by atoms with Crippen molar-refractivity contribution in [2.75, 3.05) is 6.54 Å². The number of aliphatic carboxylic acids is 1. The summed E-state index contributed by atoms with van der Waals surface area (Å²) in [7, 11) is 0. The Morgan fingerprint density at radius 3 is 2.24 bits per heavy atom. The highest BCUT2D eigenvalue weighted by Crippen LogP contribution is 2.53. The molecule has 4 nitrogen and oxygen atoms in total. The van der Waals surface area contributed by atoms with Gasteiger partial charge in [-0.2, -0.15) is 13.2 Å². The Bertz CT molecular complexity index is 1230. The first-order valence-electron chi connectivity index (χ1n) is 13.0. The summed E-state index contributed by atoms with van der Waals surface area (Å²) in [6.45, 7) is 0.982. The number of nitrogens with zero attached hydrogens (tertiary/aromatic N) is 1. The van der Waals surface area contributed by atoms with E-state index < -0.39 is 34.7 Å². The number of halogens is 5. The zero-order chi connectivity index (χ0) is 27.5. The van der Waals surface area contributed by atoms with Crippen LogP contribution in [0.15, 0.2) is 42.5 Å². The molecule has 5 rings (SSSR count). The van der Waals surface area contributed by atoms with Crippen molar-refractivity contribution < 1.29 is 36.6 Å². The summed E-state index contributed by atoms with van der Waals surface area (Å²) in [5.41, 5.74) is -2.33. The van der Waals surface area contributed by atoms with E-state index in [0.29, 0.717) is 64.0 Å². The molecule has 1 N–H and O–H groups in total. The number of hydrogen-bond acceptors (Lipinski definition) is 2. The standard InChI is InChI=1S/C29H30F5NO3/c1-27(31,29(32,33)34)21-8-11-23-20(14-21)15-24-28(23,16-17-2-9-22(30)10-3-17)12-13-35(24)25(36)18-4-6-19(7-5-18)26(37)38/h2-3,8-11,14,18-19,24H,4-7,12-13,15-16H2,1H3,(H,37,38). The van der Waals surface area contributed by atoms with Gasteiger partial charge in [-0.05, 0) is 86.3 Å².